The topological polar surface area (TPSA) is 12.0 Å². The first-order valence-electron chi connectivity index (χ1n) is 6.46. The average molecular weight is 227 g/mol. The molecule has 1 N–H and O–H groups in total. The van der Waals surface area contributed by atoms with E-state index in [0.717, 1.165) is 12.8 Å². The second kappa shape index (κ2) is 5.38. The van der Waals surface area contributed by atoms with Crippen LogP contribution in [0, 0.1) is 11.8 Å². The summed E-state index contributed by atoms with van der Waals surface area (Å²) in [4.78, 5) is 0. The Bertz CT molecular complexity index is 406. The van der Waals surface area contributed by atoms with Gasteiger partial charge in [-0.25, -0.2) is 0 Å². The lowest BCUT2D eigenvalue weighted by atomic mass is 9.85. The van der Waals surface area contributed by atoms with Gasteiger partial charge < -0.3 is 5.32 Å². The summed E-state index contributed by atoms with van der Waals surface area (Å²) in [5, 5.41) is 3.49. The van der Waals surface area contributed by atoms with E-state index in [-0.39, 0.29) is 0 Å². The monoisotopic (exact) mass is 227 g/mol. The second-order valence-electron chi connectivity index (χ2n) is 4.83. The van der Waals surface area contributed by atoms with Gasteiger partial charge in [-0.3, -0.25) is 0 Å². The van der Waals surface area contributed by atoms with Gasteiger partial charge in [0.1, 0.15) is 0 Å². The highest BCUT2D eigenvalue weighted by Gasteiger charge is 2.49. The Morgan fingerprint density at radius 1 is 1.29 bits per heavy atom. The van der Waals surface area contributed by atoms with Gasteiger partial charge in [0, 0.05) is 17.9 Å². The van der Waals surface area contributed by atoms with E-state index in [1.807, 2.05) is 6.92 Å². The van der Waals surface area contributed by atoms with E-state index in [1.54, 1.807) is 0 Å². The van der Waals surface area contributed by atoms with E-state index in [2.05, 4.69) is 54.5 Å². The minimum atomic E-state index is 0.380. The Balaban J connectivity index is 2.10. The smallest absolute Gasteiger partial charge is 0.0170 e. The summed E-state index contributed by atoms with van der Waals surface area (Å²) < 4.78 is 0. The Labute approximate surface area is 105 Å². The van der Waals surface area contributed by atoms with Crippen molar-refractivity contribution in [2.45, 2.75) is 44.1 Å². The third-order valence-corrected chi connectivity index (χ3v) is 3.89. The molecule has 1 fully saturated rings. The van der Waals surface area contributed by atoms with Crippen molar-refractivity contribution in [3.8, 4) is 11.8 Å². The van der Waals surface area contributed by atoms with E-state index in [0.29, 0.717) is 11.5 Å². The Hall–Kier alpha value is -1.26. The molecule has 1 aromatic rings. The molecule has 90 valence electrons. The van der Waals surface area contributed by atoms with E-state index in [9.17, 15) is 0 Å². The van der Waals surface area contributed by atoms with Crippen LogP contribution in [0.1, 0.15) is 38.2 Å². The molecule has 0 aromatic heterocycles. The molecule has 0 aliphatic heterocycles. The highest BCUT2D eigenvalue weighted by Crippen LogP contribution is 2.51. The van der Waals surface area contributed by atoms with Gasteiger partial charge in [0.15, 0.2) is 0 Å². The van der Waals surface area contributed by atoms with Gasteiger partial charge in [-0.05, 0) is 38.8 Å². The number of nitrogens with one attached hydrogen (secondary N) is 1. The van der Waals surface area contributed by atoms with Gasteiger partial charge in [-0.2, -0.15) is 0 Å². The first kappa shape index (κ1) is 12.2. The maximum atomic E-state index is 3.49. The number of hydrogen-bond donors (Lipinski definition) is 1. The summed E-state index contributed by atoms with van der Waals surface area (Å²) in [5.74, 6) is 6.16. The van der Waals surface area contributed by atoms with Crippen LogP contribution in [-0.4, -0.2) is 13.1 Å². The van der Waals surface area contributed by atoms with Crippen LogP contribution < -0.4 is 5.32 Å². The van der Waals surface area contributed by atoms with Crippen LogP contribution in [0.15, 0.2) is 30.3 Å². The van der Waals surface area contributed by atoms with E-state index in [4.69, 9.17) is 0 Å². The molecule has 0 spiro atoms. The average Bonchev–Trinajstić information content (AvgIpc) is 3.17. The van der Waals surface area contributed by atoms with Crippen molar-refractivity contribution in [2.24, 2.45) is 0 Å². The molecule has 1 aromatic carbocycles. The molecule has 1 aliphatic rings. The molecular formula is C16H21N. The van der Waals surface area contributed by atoms with Gasteiger partial charge in [0.05, 0.1) is 0 Å². The van der Waals surface area contributed by atoms with Crippen molar-refractivity contribution in [2.75, 3.05) is 7.05 Å². The van der Waals surface area contributed by atoms with Gasteiger partial charge >= 0.3 is 0 Å². The molecule has 1 nitrogen and oxygen atoms in total. The summed E-state index contributed by atoms with van der Waals surface area (Å²) in [6.07, 6.45) is 4.76. The molecule has 0 radical (unpaired) electrons. The number of hydrogen-bond acceptors (Lipinski definition) is 1. The van der Waals surface area contributed by atoms with Crippen LogP contribution in [0.25, 0.3) is 0 Å². The molecule has 0 heterocycles. The fraction of sp³-hybridized carbons (Fsp3) is 0.500. The standard InChI is InChI=1S/C16H21N/c1-3-4-6-11-15(17-2)16(12-13-16)14-9-7-5-8-10-14/h5,7-10,15,17H,6,11-13H2,1-2H3. The van der Waals surface area contributed by atoms with Crippen molar-refractivity contribution in [3.63, 3.8) is 0 Å². The van der Waals surface area contributed by atoms with Gasteiger partial charge in [0.2, 0.25) is 0 Å². The van der Waals surface area contributed by atoms with Crippen molar-refractivity contribution < 1.29 is 0 Å². The van der Waals surface area contributed by atoms with Crippen molar-refractivity contribution in [1.29, 1.82) is 0 Å². The zero-order valence-electron chi connectivity index (χ0n) is 10.8. The third-order valence-electron chi connectivity index (χ3n) is 3.89. The van der Waals surface area contributed by atoms with Crippen molar-refractivity contribution in [1.82, 2.24) is 5.32 Å². The van der Waals surface area contributed by atoms with E-state index in [1.165, 1.54) is 18.4 Å². The molecule has 2 rings (SSSR count). The SMILES string of the molecule is CC#CCCC(NC)C1(c2ccccc2)CC1. The molecule has 0 bridgehead atoms. The molecule has 1 atom stereocenters. The predicted molar refractivity (Wildman–Crippen MR) is 72.9 cm³/mol. The van der Waals surface area contributed by atoms with Crippen LogP contribution in [0.4, 0.5) is 0 Å². The number of rotatable bonds is 5. The van der Waals surface area contributed by atoms with Crippen molar-refractivity contribution >= 4 is 0 Å². The summed E-state index contributed by atoms with van der Waals surface area (Å²) in [7, 11) is 2.08. The molecule has 0 amide bonds. The molecule has 1 heteroatoms. The molecule has 0 saturated heterocycles. The Morgan fingerprint density at radius 2 is 2.00 bits per heavy atom. The Kier molecular flexibility index (Phi) is 3.86. The van der Waals surface area contributed by atoms with Crippen LogP contribution in [0.2, 0.25) is 0 Å². The largest absolute Gasteiger partial charge is 0.316 e. The van der Waals surface area contributed by atoms with Crippen LogP contribution in [0.5, 0.6) is 0 Å². The lowest BCUT2D eigenvalue weighted by Crippen LogP contribution is -2.37. The zero-order valence-corrected chi connectivity index (χ0v) is 10.8. The van der Waals surface area contributed by atoms with Gasteiger partial charge in [-0.1, -0.05) is 30.3 Å². The quantitative estimate of drug-likeness (QED) is 0.762. The Morgan fingerprint density at radius 3 is 2.53 bits per heavy atom. The van der Waals surface area contributed by atoms with E-state index >= 15 is 0 Å². The maximum absolute atomic E-state index is 3.49. The summed E-state index contributed by atoms with van der Waals surface area (Å²) in [6.45, 7) is 1.92. The lowest BCUT2D eigenvalue weighted by molar-refractivity contribution is 0.423. The van der Waals surface area contributed by atoms with E-state index < -0.39 is 0 Å². The minimum absolute atomic E-state index is 0.380. The lowest BCUT2D eigenvalue weighted by Gasteiger charge is -2.26. The second-order valence-corrected chi connectivity index (χ2v) is 4.83. The molecular weight excluding hydrogens is 206 g/mol. The molecule has 17 heavy (non-hydrogen) atoms. The van der Waals surface area contributed by atoms with Crippen molar-refractivity contribution in [3.05, 3.63) is 35.9 Å². The summed E-state index contributed by atoms with van der Waals surface area (Å²) in [5.41, 5.74) is 1.87. The zero-order chi connectivity index (χ0) is 12.1. The van der Waals surface area contributed by atoms with Crippen LogP contribution in [0.3, 0.4) is 0 Å². The van der Waals surface area contributed by atoms with Gasteiger partial charge in [-0.15, -0.1) is 11.8 Å². The number of benzene rings is 1. The predicted octanol–water partition coefficient (Wildman–Crippen LogP) is 3.11. The summed E-state index contributed by atoms with van der Waals surface area (Å²) >= 11 is 0. The highest BCUT2D eigenvalue weighted by molar-refractivity contribution is 5.33. The fourth-order valence-electron chi connectivity index (χ4n) is 2.78. The summed E-state index contributed by atoms with van der Waals surface area (Å²) in [6, 6.07) is 11.5. The minimum Gasteiger partial charge on any atom is -0.316 e. The third kappa shape index (κ3) is 2.53. The maximum Gasteiger partial charge on any atom is 0.0170 e. The fourth-order valence-corrected chi connectivity index (χ4v) is 2.78. The highest BCUT2D eigenvalue weighted by atomic mass is 14.9. The number of likely N-dealkylation sites (N-methyl/N-ethyl adjacent to an activating group) is 1. The first-order valence-corrected chi connectivity index (χ1v) is 6.46. The van der Waals surface area contributed by atoms with Crippen LogP contribution in [-0.2, 0) is 5.41 Å². The first-order chi connectivity index (χ1) is 8.33. The molecule has 1 saturated carbocycles. The molecule has 1 aliphatic carbocycles. The molecule has 1 unspecified atom stereocenters. The van der Waals surface area contributed by atoms with Crippen LogP contribution >= 0.6 is 0 Å². The van der Waals surface area contributed by atoms with Gasteiger partial charge in [0.25, 0.3) is 0 Å². The normalized spacial score (nSPS) is 18.0.